The number of methoxy groups -OCH3 is 1. The maximum Gasteiger partial charge on any atom is 0.248 e. The van der Waals surface area contributed by atoms with E-state index in [1.54, 1.807) is 43.0 Å². The number of phenolic OH excluding ortho intramolecular Hbond substituents is 1. The molecule has 1 atom stereocenters. The summed E-state index contributed by atoms with van der Waals surface area (Å²) in [6.07, 6.45) is 0. The van der Waals surface area contributed by atoms with Crippen molar-refractivity contribution in [3.63, 3.8) is 0 Å². The number of nitrogens with one attached hydrogen (secondary N) is 1. The molecule has 142 valence electrons. The van der Waals surface area contributed by atoms with Gasteiger partial charge in [-0.3, -0.25) is 4.79 Å². The van der Waals surface area contributed by atoms with E-state index in [4.69, 9.17) is 10.5 Å². The van der Waals surface area contributed by atoms with Crippen LogP contribution in [-0.2, 0) is 4.79 Å². The molecule has 0 bridgehead atoms. The number of para-hydroxylation sites is 1. The minimum Gasteiger partial charge on any atom is -0.508 e. The molecule has 0 aliphatic carbocycles. The van der Waals surface area contributed by atoms with Crippen LogP contribution in [0.2, 0.25) is 0 Å². The summed E-state index contributed by atoms with van der Waals surface area (Å²) in [5.41, 5.74) is 8.08. The Morgan fingerprint density at radius 3 is 2.75 bits per heavy atom. The molecule has 3 aromatic rings. The van der Waals surface area contributed by atoms with Crippen LogP contribution in [0.5, 0.6) is 11.5 Å². The Balaban J connectivity index is 1.92. The van der Waals surface area contributed by atoms with E-state index in [9.17, 15) is 9.90 Å². The standard InChI is InChI=1S/C20H19N5O3/c1-11-16(18(21)27)17(14-8-3-4-9-15(14)28-2)25-20(22-11)23-19(24-25)12-6-5-7-13(26)10-12/h3-10,17,26H,1-2H3,(H2,21,27)(H,22,23,24). The van der Waals surface area contributed by atoms with Gasteiger partial charge in [0.15, 0.2) is 5.82 Å². The second-order valence-electron chi connectivity index (χ2n) is 6.43. The summed E-state index contributed by atoms with van der Waals surface area (Å²) in [7, 11) is 1.57. The average Bonchev–Trinajstić information content (AvgIpc) is 3.10. The molecule has 0 saturated carbocycles. The maximum atomic E-state index is 12.3. The molecule has 1 aromatic heterocycles. The van der Waals surface area contributed by atoms with Gasteiger partial charge in [0.2, 0.25) is 11.9 Å². The molecule has 1 aliphatic heterocycles. The Kier molecular flexibility index (Phi) is 4.23. The van der Waals surface area contributed by atoms with Crippen LogP contribution >= 0.6 is 0 Å². The lowest BCUT2D eigenvalue weighted by Gasteiger charge is -2.28. The van der Waals surface area contributed by atoms with E-state index in [1.807, 2.05) is 24.3 Å². The normalized spacial score (nSPS) is 15.7. The molecule has 1 amide bonds. The van der Waals surface area contributed by atoms with E-state index in [0.717, 1.165) is 5.56 Å². The SMILES string of the molecule is COc1ccccc1C1C(C(N)=O)=C(C)Nc2nc(-c3cccc(O)c3)nn21. The number of allylic oxidation sites excluding steroid dienone is 1. The molecular weight excluding hydrogens is 358 g/mol. The number of ether oxygens (including phenoxy) is 1. The number of carbonyl (C=O) groups excluding carboxylic acids is 1. The molecule has 0 fully saturated rings. The minimum absolute atomic E-state index is 0.117. The number of phenols is 1. The van der Waals surface area contributed by atoms with Crippen LogP contribution < -0.4 is 15.8 Å². The molecule has 28 heavy (non-hydrogen) atoms. The largest absolute Gasteiger partial charge is 0.508 e. The molecule has 0 saturated heterocycles. The van der Waals surface area contributed by atoms with E-state index in [-0.39, 0.29) is 5.75 Å². The molecular formula is C20H19N5O3. The molecule has 0 radical (unpaired) electrons. The highest BCUT2D eigenvalue weighted by Crippen LogP contribution is 2.39. The Bertz CT molecular complexity index is 1100. The van der Waals surface area contributed by atoms with Crippen molar-refractivity contribution < 1.29 is 14.6 Å². The number of fused-ring (bicyclic) bond motifs is 1. The third-order valence-corrected chi connectivity index (χ3v) is 4.66. The van der Waals surface area contributed by atoms with Crippen molar-refractivity contribution in [1.82, 2.24) is 14.8 Å². The summed E-state index contributed by atoms with van der Waals surface area (Å²) in [6.45, 7) is 1.77. The predicted octanol–water partition coefficient (Wildman–Crippen LogP) is 2.43. The number of nitrogens with two attached hydrogens (primary N) is 1. The number of anilines is 1. The zero-order valence-electron chi connectivity index (χ0n) is 15.4. The minimum atomic E-state index is -0.594. The van der Waals surface area contributed by atoms with Crippen LogP contribution in [0.25, 0.3) is 11.4 Å². The van der Waals surface area contributed by atoms with Gasteiger partial charge in [-0.1, -0.05) is 30.3 Å². The molecule has 2 heterocycles. The Morgan fingerprint density at radius 2 is 2.04 bits per heavy atom. The van der Waals surface area contributed by atoms with E-state index < -0.39 is 11.9 Å². The lowest BCUT2D eigenvalue weighted by atomic mass is 9.94. The first-order valence-electron chi connectivity index (χ1n) is 8.66. The molecule has 4 rings (SSSR count). The van der Waals surface area contributed by atoms with Gasteiger partial charge in [0.05, 0.1) is 12.7 Å². The molecule has 8 heteroatoms. The van der Waals surface area contributed by atoms with Gasteiger partial charge >= 0.3 is 0 Å². The van der Waals surface area contributed by atoms with Crippen molar-refractivity contribution in [2.75, 3.05) is 12.4 Å². The topological polar surface area (TPSA) is 115 Å². The van der Waals surface area contributed by atoms with Crippen LogP contribution in [0.3, 0.4) is 0 Å². The number of benzene rings is 2. The lowest BCUT2D eigenvalue weighted by Crippen LogP contribution is -2.32. The zero-order valence-corrected chi connectivity index (χ0v) is 15.4. The van der Waals surface area contributed by atoms with Gasteiger partial charge in [0.25, 0.3) is 0 Å². The fourth-order valence-electron chi connectivity index (χ4n) is 3.42. The monoisotopic (exact) mass is 377 g/mol. The van der Waals surface area contributed by atoms with Gasteiger partial charge in [-0.05, 0) is 25.1 Å². The highest BCUT2D eigenvalue weighted by atomic mass is 16.5. The smallest absolute Gasteiger partial charge is 0.248 e. The molecule has 8 nitrogen and oxygen atoms in total. The number of primary amides is 1. The van der Waals surface area contributed by atoms with Crippen molar-refractivity contribution in [2.24, 2.45) is 5.73 Å². The maximum absolute atomic E-state index is 12.3. The Morgan fingerprint density at radius 1 is 1.25 bits per heavy atom. The van der Waals surface area contributed by atoms with Crippen molar-refractivity contribution >= 4 is 11.9 Å². The first-order valence-corrected chi connectivity index (χ1v) is 8.66. The van der Waals surface area contributed by atoms with Crippen LogP contribution in [0.1, 0.15) is 18.5 Å². The number of hydrogen-bond acceptors (Lipinski definition) is 6. The summed E-state index contributed by atoms with van der Waals surface area (Å²) in [6, 6.07) is 13.5. The second kappa shape index (κ2) is 6.73. The lowest BCUT2D eigenvalue weighted by molar-refractivity contribution is -0.115. The summed E-state index contributed by atoms with van der Waals surface area (Å²) < 4.78 is 7.11. The van der Waals surface area contributed by atoms with E-state index in [0.29, 0.717) is 34.4 Å². The van der Waals surface area contributed by atoms with Gasteiger partial charge in [-0.25, -0.2) is 4.68 Å². The third-order valence-electron chi connectivity index (χ3n) is 4.66. The van der Waals surface area contributed by atoms with Gasteiger partial charge in [0.1, 0.15) is 17.5 Å². The van der Waals surface area contributed by atoms with Crippen LogP contribution in [0.15, 0.2) is 59.8 Å². The van der Waals surface area contributed by atoms with Crippen molar-refractivity contribution in [2.45, 2.75) is 13.0 Å². The van der Waals surface area contributed by atoms with Gasteiger partial charge in [0, 0.05) is 16.8 Å². The van der Waals surface area contributed by atoms with Crippen LogP contribution in [0.4, 0.5) is 5.95 Å². The van der Waals surface area contributed by atoms with Crippen LogP contribution in [-0.4, -0.2) is 32.9 Å². The van der Waals surface area contributed by atoms with Crippen molar-refractivity contribution in [3.05, 3.63) is 65.4 Å². The third kappa shape index (κ3) is 2.84. The number of carbonyl (C=O) groups is 1. The quantitative estimate of drug-likeness (QED) is 0.643. The number of nitrogens with zero attached hydrogens (tertiary/aromatic N) is 3. The van der Waals surface area contributed by atoms with Gasteiger partial charge in [-0.15, -0.1) is 5.10 Å². The molecule has 0 spiro atoms. The highest BCUT2D eigenvalue weighted by Gasteiger charge is 2.35. The molecule has 2 aromatic carbocycles. The van der Waals surface area contributed by atoms with Crippen molar-refractivity contribution in [1.29, 1.82) is 0 Å². The van der Waals surface area contributed by atoms with Crippen LogP contribution in [0, 0.1) is 0 Å². The summed E-state index contributed by atoms with van der Waals surface area (Å²) in [4.78, 5) is 16.8. The number of aromatic nitrogens is 3. The Hall–Kier alpha value is -3.81. The molecule has 1 aliphatic rings. The fourth-order valence-corrected chi connectivity index (χ4v) is 3.42. The number of amides is 1. The van der Waals surface area contributed by atoms with Gasteiger partial charge in [-0.2, -0.15) is 4.98 Å². The van der Waals surface area contributed by atoms with E-state index in [2.05, 4.69) is 15.4 Å². The first kappa shape index (κ1) is 17.6. The second-order valence-corrected chi connectivity index (χ2v) is 6.43. The molecule has 1 unspecified atom stereocenters. The summed E-state index contributed by atoms with van der Waals surface area (Å²) >= 11 is 0. The number of rotatable bonds is 4. The molecule has 4 N–H and O–H groups in total. The van der Waals surface area contributed by atoms with E-state index >= 15 is 0 Å². The average molecular weight is 377 g/mol. The summed E-state index contributed by atoms with van der Waals surface area (Å²) in [5, 5.41) is 17.5. The number of aromatic hydroxyl groups is 1. The zero-order chi connectivity index (χ0) is 19.8. The van der Waals surface area contributed by atoms with Gasteiger partial charge < -0.3 is 20.9 Å². The van der Waals surface area contributed by atoms with E-state index in [1.165, 1.54) is 0 Å². The summed E-state index contributed by atoms with van der Waals surface area (Å²) in [5.74, 6) is 1.06. The first-order chi connectivity index (χ1) is 13.5. The van der Waals surface area contributed by atoms with Crippen molar-refractivity contribution in [3.8, 4) is 22.9 Å². The highest BCUT2D eigenvalue weighted by molar-refractivity contribution is 5.95. The predicted molar refractivity (Wildman–Crippen MR) is 104 cm³/mol. The Labute approximate surface area is 161 Å². The fraction of sp³-hybridized carbons (Fsp3) is 0.150. The number of hydrogen-bond donors (Lipinski definition) is 3.